The van der Waals surface area contributed by atoms with Crippen molar-refractivity contribution in [3.8, 4) is 0 Å². The van der Waals surface area contributed by atoms with E-state index in [1.807, 2.05) is 13.8 Å². The van der Waals surface area contributed by atoms with E-state index in [9.17, 15) is 4.39 Å². The molecule has 0 bridgehead atoms. The van der Waals surface area contributed by atoms with Gasteiger partial charge in [-0.05, 0) is 47.0 Å². The molecule has 1 aromatic carbocycles. The van der Waals surface area contributed by atoms with Crippen molar-refractivity contribution in [1.29, 1.82) is 0 Å². The van der Waals surface area contributed by atoms with Crippen molar-refractivity contribution in [2.45, 2.75) is 26.3 Å². The van der Waals surface area contributed by atoms with Gasteiger partial charge in [-0.3, -0.25) is 0 Å². The Morgan fingerprint density at radius 2 is 2.29 bits per heavy atom. The highest BCUT2D eigenvalue weighted by molar-refractivity contribution is 9.10. The van der Waals surface area contributed by atoms with E-state index < -0.39 is 0 Å². The van der Waals surface area contributed by atoms with Crippen LogP contribution >= 0.6 is 15.9 Å². The molecule has 0 spiro atoms. The lowest BCUT2D eigenvalue weighted by Gasteiger charge is -2.18. The highest BCUT2D eigenvalue weighted by Gasteiger charge is 2.13. The Balaban J connectivity index is 2.98. The molecule has 1 unspecified atom stereocenters. The summed E-state index contributed by atoms with van der Waals surface area (Å²) in [4.78, 5) is 0. The summed E-state index contributed by atoms with van der Waals surface area (Å²) in [7, 11) is 0. The van der Waals surface area contributed by atoms with Crippen LogP contribution in [0.3, 0.4) is 0 Å². The van der Waals surface area contributed by atoms with Gasteiger partial charge in [0.05, 0.1) is 10.5 Å². The maximum Gasteiger partial charge on any atom is 0.161 e. The SMILES string of the molecule is CCC(Nc1cc(F)c(Br)cc1C)/C(N)=N/O. The van der Waals surface area contributed by atoms with Crippen molar-refractivity contribution >= 4 is 27.5 Å². The van der Waals surface area contributed by atoms with Crippen LogP contribution in [0.4, 0.5) is 10.1 Å². The van der Waals surface area contributed by atoms with E-state index in [4.69, 9.17) is 10.9 Å². The van der Waals surface area contributed by atoms with Crippen molar-refractivity contribution in [3.05, 3.63) is 28.0 Å². The monoisotopic (exact) mass is 303 g/mol. The van der Waals surface area contributed by atoms with Crippen molar-refractivity contribution < 1.29 is 9.60 Å². The normalized spacial score (nSPS) is 13.5. The highest BCUT2D eigenvalue weighted by atomic mass is 79.9. The number of rotatable bonds is 4. The van der Waals surface area contributed by atoms with Crippen LogP contribution in [0.5, 0.6) is 0 Å². The first-order valence-corrected chi connectivity index (χ1v) is 5.98. The molecule has 1 rings (SSSR count). The Morgan fingerprint density at radius 3 is 2.82 bits per heavy atom. The summed E-state index contributed by atoms with van der Waals surface area (Å²) in [6, 6.07) is 2.74. The number of halogens is 2. The maximum atomic E-state index is 13.4. The smallest absolute Gasteiger partial charge is 0.161 e. The molecule has 0 aromatic heterocycles. The number of hydrogen-bond acceptors (Lipinski definition) is 3. The fourth-order valence-electron chi connectivity index (χ4n) is 1.44. The van der Waals surface area contributed by atoms with Crippen molar-refractivity contribution in [2.24, 2.45) is 10.9 Å². The van der Waals surface area contributed by atoms with E-state index in [1.165, 1.54) is 6.07 Å². The minimum atomic E-state index is -0.354. The van der Waals surface area contributed by atoms with Gasteiger partial charge in [-0.2, -0.15) is 0 Å². The van der Waals surface area contributed by atoms with Gasteiger partial charge in [0.2, 0.25) is 0 Å². The van der Waals surface area contributed by atoms with E-state index in [2.05, 4.69) is 26.4 Å². The molecular weight excluding hydrogens is 289 g/mol. The largest absolute Gasteiger partial charge is 0.409 e. The van der Waals surface area contributed by atoms with E-state index in [0.29, 0.717) is 16.6 Å². The molecule has 4 nitrogen and oxygen atoms in total. The first-order chi connectivity index (χ1) is 7.99. The first-order valence-electron chi connectivity index (χ1n) is 5.19. The number of nitrogens with two attached hydrogens (primary N) is 1. The minimum Gasteiger partial charge on any atom is -0.409 e. The van der Waals surface area contributed by atoms with E-state index in [-0.39, 0.29) is 17.7 Å². The van der Waals surface area contributed by atoms with Crippen LogP contribution in [0.1, 0.15) is 18.9 Å². The number of hydrogen-bond donors (Lipinski definition) is 3. The van der Waals surface area contributed by atoms with Gasteiger partial charge < -0.3 is 16.3 Å². The third-order valence-electron chi connectivity index (χ3n) is 2.48. The van der Waals surface area contributed by atoms with E-state index >= 15 is 0 Å². The average molecular weight is 304 g/mol. The number of oxime groups is 1. The quantitative estimate of drug-likeness (QED) is 0.347. The lowest BCUT2D eigenvalue weighted by Crippen LogP contribution is -2.35. The molecule has 94 valence electrons. The Morgan fingerprint density at radius 1 is 1.65 bits per heavy atom. The topological polar surface area (TPSA) is 70.6 Å². The van der Waals surface area contributed by atoms with Gasteiger partial charge in [0.15, 0.2) is 5.84 Å². The molecule has 17 heavy (non-hydrogen) atoms. The predicted molar refractivity (Wildman–Crippen MR) is 69.9 cm³/mol. The lowest BCUT2D eigenvalue weighted by atomic mass is 10.1. The third-order valence-corrected chi connectivity index (χ3v) is 3.09. The standard InChI is InChI=1S/C11H15BrFN3O/c1-3-9(11(14)16-17)15-10-5-8(13)7(12)4-6(10)2/h4-5,9,15,17H,3H2,1-2H3,(H2,14,16). The first kappa shape index (κ1) is 13.8. The fraction of sp³-hybridized carbons (Fsp3) is 0.364. The van der Waals surface area contributed by atoms with Crippen LogP contribution in [0.25, 0.3) is 0 Å². The van der Waals surface area contributed by atoms with Crippen LogP contribution in [0.2, 0.25) is 0 Å². The summed E-state index contributed by atoms with van der Waals surface area (Å²) in [5.74, 6) is -0.275. The van der Waals surface area contributed by atoms with Gasteiger partial charge in [0, 0.05) is 5.69 Å². The molecule has 1 atom stereocenters. The molecule has 0 fully saturated rings. The predicted octanol–water partition coefficient (Wildman–Crippen LogP) is 2.83. The summed E-state index contributed by atoms with van der Waals surface area (Å²) in [6.45, 7) is 3.74. The number of anilines is 1. The molecule has 0 aliphatic rings. The second-order valence-corrected chi connectivity index (χ2v) is 4.57. The van der Waals surface area contributed by atoms with Crippen LogP contribution in [0.15, 0.2) is 21.8 Å². The van der Waals surface area contributed by atoms with E-state index in [1.54, 1.807) is 6.07 Å². The summed E-state index contributed by atoms with van der Waals surface area (Å²) in [5.41, 5.74) is 7.03. The zero-order valence-corrected chi connectivity index (χ0v) is 11.3. The van der Waals surface area contributed by atoms with Gasteiger partial charge in [-0.1, -0.05) is 12.1 Å². The summed E-state index contributed by atoms with van der Waals surface area (Å²) >= 11 is 3.11. The van der Waals surface area contributed by atoms with Crippen molar-refractivity contribution in [1.82, 2.24) is 0 Å². The van der Waals surface area contributed by atoms with Crippen molar-refractivity contribution in [2.75, 3.05) is 5.32 Å². The maximum absolute atomic E-state index is 13.4. The van der Waals surface area contributed by atoms with Crippen LogP contribution in [-0.4, -0.2) is 17.1 Å². The van der Waals surface area contributed by atoms with Gasteiger partial charge in [0.1, 0.15) is 5.82 Å². The Labute approximate surface area is 108 Å². The number of aryl methyl sites for hydroxylation is 1. The zero-order chi connectivity index (χ0) is 13.0. The van der Waals surface area contributed by atoms with Crippen LogP contribution < -0.4 is 11.1 Å². The van der Waals surface area contributed by atoms with Gasteiger partial charge in [-0.25, -0.2) is 4.39 Å². The van der Waals surface area contributed by atoms with Gasteiger partial charge in [0.25, 0.3) is 0 Å². The molecule has 0 saturated heterocycles. The second-order valence-electron chi connectivity index (χ2n) is 3.71. The molecule has 4 N–H and O–H groups in total. The number of amidine groups is 1. The molecule has 0 saturated carbocycles. The van der Waals surface area contributed by atoms with Gasteiger partial charge >= 0.3 is 0 Å². The highest BCUT2D eigenvalue weighted by Crippen LogP contribution is 2.24. The Kier molecular flexibility index (Phi) is 4.74. The van der Waals surface area contributed by atoms with Crippen LogP contribution in [0, 0.1) is 12.7 Å². The number of nitrogens with one attached hydrogen (secondary N) is 1. The number of nitrogens with zero attached hydrogens (tertiary/aromatic N) is 1. The molecule has 1 aromatic rings. The molecular formula is C11H15BrFN3O. The summed E-state index contributed by atoms with van der Waals surface area (Å²) in [5, 5.41) is 14.6. The Hall–Kier alpha value is -1.30. The summed E-state index contributed by atoms with van der Waals surface area (Å²) < 4.78 is 13.8. The number of benzene rings is 1. The second kappa shape index (κ2) is 5.86. The molecule has 0 amide bonds. The van der Waals surface area contributed by atoms with Crippen LogP contribution in [-0.2, 0) is 0 Å². The zero-order valence-electron chi connectivity index (χ0n) is 9.67. The van der Waals surface area contributed by atoms with E-state index in [0.717, 1.165) is 5.56 Å². The Bertz CT molecular complexity index is 437. The summed E-state index contributed by atoms with van der Waals surface area (Å²) in [6.07, 6.45) is 0.632. The average Bonchev–Trinajstić information content (AvgIpc) is 2.31. The minimum absolute atomic E-state index is 0.0789. The molecule has 0 aliphatic heterocycles. The molecule has 0 radical (unpaired) electrons. The third kappa shape index (κ3) is 3.33. The fourth-order valence-corrected chi connectivity index (χ4v) is 1.90. The molecule has 0 heterocycles. The van der Waals surface area contributed by atoms with Crippen molar-refractivity contribution in [3.63, 3.8) is 0 Å². The van der Waals surface area contributed by atoms with Gasteiger partial charge in [-0.15, -0.1) is 0 Å². The lowest BCUT2D eigenvalue weighted by molar-refractivity contribution is 0.316. The molecule has 6 heteroatoms. The molecule has 0 aliphatic carbocycles.